The van der Waals surface area contributed by atoms with Crippen molar-refractivity contribution in [1.29, 1.82) is 0 Å². The molecular formula is C16H20FN5O2. The summed E-state index contributed by atoms with van der Waals surface area (Å²) >= 11 is 0. The maximum absolute atomic E-state index is 12.9. The number of hydrogen-bond acceptors (Lipinski definition) is 5. The topological polar surface area (TPSA) is 73.1 Å². The molecule has 1 atom stereocenters. The molecule has 1 fully saturated rings. The molecule has 1 saturated heterocycles. The summed E-state index contributed by atoms with van der Waals surface area (Å²) in [6, 6.07) is 5.94. The third-order valence-electron chi connectivity index (χ3n) is 4.14. The first-order valence-electron chi connectivity index (χ1n) is 8.00. The Bertz CT molecular complexity index is 688. The van der Waals surface area contributed by atoms with Crippen LogP contribution in [0.4, 0.5) is 4.39 Å². The van der Waals surface area contributed by atoms with Crippen LogP contribution in [-0.2, 0) is 16.1 Å². The quantitative estimate of drug-likeness (QED) is 0.801. The number of methoxy groups -OCH3 is 1. The molecule has 1 aromatic carbocycles. The Balaban J connectivity index is 1.47. The van der Waals surface area contributed by atoms with Crippen molar-refractivity contribution < 1.29 is 13.9 Å². The molecule has 8 heteroatoms. The number of benzene rings is 1. The minimum Gasteiger partial charge on any atom is -0.380 e. The van der Waals surface area contributed by atoms with E-state index in [9.17, 15) is 9.18 Å². The predicted molar refractivity (Wildman–Crippen MR) is 84.4 cm³/mol. The number of likely N-dealkylation sites (tertiary alicyclic amines) is 1. The highest BCUT2D eigenvalue weighted by molar-refractivity contribution is 5.76. The molecule has 1 aromatic heterocycles. The molecule has 0 bridgehead atoms. The zero-order valence-electron chi connectivity index (χ0n) is 13.6. The number of carbonyl (C=O) groups excluding carboxylic acids is 1. The van der Waals surface area contributed by atoms with Crippen molar-refractivity contribution >= 4 is 5.91 Å². The van der Waals surface area contributed by atoms with Crippen molar-refractivity contribution in [3.8, 4) is 11.4 Å². The minimum atomic E-state index is -0.303. The van der Waals surface area contributed by atoms with E-state index in [0.29, 0.717) is 37.3 Å². The Morgan fingerprint density at radius 1 is 1.38 bits per heavy atom. The second-order valence-electron chi connectivity index (χ2n) is 5.81. The lowest BCUT2D eigenvalue weighted by Crippen LogP contribution is -2.29. The lowest BCUT2D eigenvalue weighted by molar-refractivity contribution is -0.130. The number of hydrogen-bond donors (Lipinski definition) is 0. The van der Waals surface area contributed by atoms with Crippen LogP contribution in [0.3, 0.4) is 0 Å². The van der Waals surface area contributed by atoms with E-state index in [1.807, 2.05) is 4.90 Å². The molecule has 3 rings (SSSR count). The Labute approximate surface area is 139 Å². The van der Waals surface area contributed by atoms with E-state index >= 15 is 0 Å². The zero-order valence-corrected chi connectivity index (χ0v) is 13.6. The first kappa shape index (κ1) is 16.5. The standard InChI is InChI=1S/C16H20FN5O2/c1-24-14-8-10-21(11-14)15(23)3-2-9-22-19-16(18-20-22)12-4-6-13(17)7-5-12/h4-7,14H,2-3,8-11H2,1H3. The van der Waals surface area contributed by atoms with E-state index in [2.05, 4.69) is 15.4 Å². The van der Waals surface area contributed by atoms with Crippen LogP contribution in [0.5, 0.6) is 0 Å². The first-order valence-corrected chi connectivity index (χ1v) is 8.00. The van der Waals surface area contributed by atoms with E-state index in [-0.39, 0.29) is 17.8 Å². The molecule has 0 radical (unpaired) electrons. The molecule has 1 amide bonds. The molecule has 1 aliphatic rings. The number of ether oxygens (including phenoxy) is 1. The van der Waals surface area contributed by atoms with Gasteiger partial charge in [-0.3, -0.25) is 4.79 Å². The Morgan fingerprint density at radius 3 is 2.88 bits per heavy atom. The highest BCUT2D eigenvalue weighted by Crippen LogP contribution is 2.15. The average molecular weight is 333 g/mol. The monoisotopic (exact) mass is 333 g/mol. The van der Waals surface area contributed by atoms with Crippen molar-refractivity contribution in [3.63, 3.8) is 0 Å². The van der Waals surface area contributed by atoms with E-state index in [0.717, 1.165) is 13.0 Å². The highest BCUT2D eigenvalue weighted by Gasteiger charge is 2.25. The lowest BCUT2D eigenvalue weighted by atomic mass is 10.2. The fraction of sp³-hybridized carbons (Fsp3) is 0.500. The van der Waals surface area contributed by atoms with Gasteiger partial charge in [0.15, 0.2) is 0 Å². The minimum absolute atomic E-state index is 0.133. The maximum Gasteiger partial charge on any atom is 0.222 e. The lowest BCUT2D eigenvalue weighted by Gasteiger charge is -2.15. The fourth-order valence-corrected chi connectivity index (χ4v) is 2.73. The molecule has 7 nitrogen and oxygen atoms in total. The van der Waals surface area contributed by atoms with Gasteiger partial charge in [-0.15, -0.1) is 10.2 Å². The van der Waals surface area contributed by atoms with Crippen molar-refractivity contribution in [1.82, 2.24) is 25.1 Å². The Morgan fingerprint density at radius 2 is 2.17 bits per heavy atom. The van der Waals surface area contributed by atoms with Gasteiger partial charge in [0.2, 0.25) is 11.7 Å². The smallest absolute Gasteiger partial charge is 0.222 e. The number of aryl methyl sites for hydroxylation is 1. The van der Waals surface area contributed by atoms with Crippen LogP contribution in [0.2, 0.25) is 0 Å². The van der Waals surface area contributed by atoms with Crippen molar-refractivity contribution in [2.45, 2.75) is 31.9 Å². The molecule has 2 aromatic rings. The molecule has 0 aliphatic carbocycles. The predicted octanol–water partition coefficient (Wildman–Crippen LogP) is 1.51. The third kappa shape index (κ3) is 3.94. The van der Waals surface area contributed by atoms with Crippen LogP contribution < -0.4 is 0 Å². The number of tetrazole rings is 1. The number of nitrogens with zero attached hydrogens (tertiary/aromatic N) is 5. The van der Waals surface area contributed by atoms with Crippen LogP contribution in [-0.4, -0.2) is 57.3 Å². The molecule has 0 N–H and O–H groups in total. The number of amides is 1. The van der Waals surface area contributed by atoms with Gasteiger partial charge in [-0.1, -0.05) is 0 Å². The number of rotatable bonds is 6. The van der Waals surface area contributed by atoms with Crippen LogP contribution in [0.15, 0.2) is 24.3 Å². The second kappa shape index (κ2) is 7.48. The number of aromatic nitrogens is 4. The van der Waals surface area contributed by atoms with Gasteiger partial charge in [0.25, 0.3) is 0 Å². The third-order valence-corrected chi connectivity index (χ3v) is 4.14. The van der Waals surface area contributed by atoms with Gasteiger partial charge in [0, 0.05) is 32.2 Å². The van der Waals surface area contributed by atoms with E-state index < -0.39 is 0 Å². The van der Waals surface area contributed by atoms with Gasteiger partial charge < -0.3 is 9.64 Å². The molecule has 0 spiro atoms. The number of halogens is 1. The van der Waals surface area contributed by atoms with Gasteiger partial charge in [0.1, 0.15) is 5.82 Å². The fourth-order valence-electron chi connectivity index (χ4n) is 2.73. The van der Waals surface area contributed by atoms with Crippen LogP contribution in [0.25, 0.3) is 11.4 Å². The summed E-state index contributed by atoms with van der Waals surface area (Å²) in [5, 5.41) is 12.2. The maximum atomic E-state index is 12.9. The van der Waals surface area contributed by atoms with Gasteiger partial charge in [0.05, 0.1) is 12.6 Å². The molecule has 2 heterocycles. The molecule has 1 unspecified atom stereocenters. The molecule has 24 heavy (non-hydrogen) atoms. The van der Waals surface area contributed by atoms with E-state index in [1.165, 1.54) is 16.9 Å². The summed E-state index contributed by atoms with van der Waals surface area (Å²) in [5.41, 5.74) is 0.710. The van der Waals surface area contributed by atoms with Crippen LogP contribution in [0.1, 0.15) is 19.3 Å². The zero-order chi connectivity index (χ0) is 16.9. The molecule has 0 saturated carbocycles. The Hall–Kier alpha value is -2.35. The van der Waals surface area contributed by atoms with Gasteiger partial charge in [-0.05, 0) is 42.3 Å². The van der Waals surface area contributed by atoms with Crippen molar-refractivity contribution in [2.24, 2.45) is 0 Å². The van der Waals surface area contributed by atoms with E-state index in [4.69, 9.17) is 4.74 Å². The largest absolute Gasteiger partial charge is 0.380 e. The van der Waals surface area contributed by atoms with E-state index in [1.54, 1.807) is 19.2 Å². The summed E-state index contributed by atoms with van der Waals surface area (Å²) in [6.07, 6.45) is 2.15. The van der Waals surface area contributed by atoms with Crippen LogP contribution >= 0.6 is 0 Å². The molecule has 1 aliphatic heterocycles. The Kier molecular flexibility index (Phi) is 5.14. The van der Waals surface area contributed by atoms with Gasteiger partial charge in [-0.2, -0.15) is 4.80 Å². The summed E-state index contributed by atoms with van der Waals surface area (Å²) < 4.78 is 18.2. The summed E-state index contributed by atoms with van der Waals surface area (Å²) in [4.78, 5) is 15.4. The summed E-state index contributed by atoms with van der Waals surface area (Å²) in [6.45, 7) is 1.95. The van der Waals surface area contributed by atoms with Gasteiger partial charge in [-0.25, -0.2) is 4.39 Å². The summed E-state index contributed by atoms with van der Waals surface area (Å²) in [5.74, 6) is 0.277. The SMILES string of the molecule is COC1CCN(C(=O)CCCn2nnc(-c3ccc(F)cc3)n2)C1. The number of carbonyl (C=O) groups is 1. The van der Waals surface area contributed by atoms with Crippen molar-refractivity contribution in [3.05, 3.63) is 30.1 Å². The first-order chi connectivity index (χ1) is 11.7. The molecular weight excluding hydrogens is 313 g/mol. The molecule has 128 valence electrons. The second-order valence-corrected chi connectivity index (χ2v) is 5.81. The summed E-state index contributed by atoms with van der Waals surface area (Å²) in [7, 11) is 1.67. The average Bonchev–Trinajstić information content (AvgIpc) is 3.24. The van der Waals surface area contributed by atoms with Crippen LogP contribution in [0, 0.1) is 5.82 Å². The highest BCUT2D eigenvalue weighted by atomic mass is 19.1. The van der Waals surface area contributed by atoms with Gasteiger partial charge >= 0.3 is 0 Å². The van der Waals surface area contributed by atoms with Crippen molar-refractivity contribution in [2.75, 3.05) is 20.2 Å². The normalized spacial score (nSPS) is 17.4.